The summed E-state index contributed by atoms with van der Waals surface area (Å²) in [6, 6.07) is 11.5. The summed E-state index contributed by atoms with van der Waals surface area (Å²) >= 11 is 0. The van der Waals surface area contributed by atoms with Crippen molar-refractivity contribution in [1.82, 2.24) is 14.9 Å². The molecule has 4 rings (SSSR count). The van der Waals surface area contributed by atoms with Crippen molar-refractivity contribution >= 4 is 22.6 Å². The molecular formula is C23H27N5O3. The molecular weight excluding hydrogens is 394 g/mol. The van der Waals surface area contributed by atoms with E-state index >= 15 is 0 Å². The number of anilines is 1. The standard InChI is InChI=1S/C23H27N5O3/c1-28-10-7-16(8-11-28)15-30-21-5-2-17(14-27-21)13-26-19-3-4-20-18(12-19)6-9-25-22(20)31-23(24)29/h2-6,9,12,14,16,26H,7-8,10-11,13,15H2,1H3,(H2,24,29). The number of hydrogen-bond donors (Lipinski definition) is 2. The average Bonchev–Trinajstić information content (AvgIpc) is 2.78. The van der Waals surface area contributed by atoms with Crippen molar-refractivity contribution in [1.29, 1.82) is 0 Å². The van der Waals surface area contributed by atoms with Gasteiger partial charge in [0.1, 0.15) is 0 Å². The van der Waals surface area contributed by atoms with Crippen molar-refractivity contribution in [2.45, 2.75) is 19.4 Å². The first-order valence-corrected chi connectivity index (χ1v) is 10.4. The first-order chi connectivity index (χ1) is 15.1. The Bertz CT molecular complexity index is 1030. The minimum absolute atomic E-state index is 0.205. The molecule has 1 amide bonds. The molecule has 0 saturated carbocycles. The van der Waals surface area contributed by atoms with Crippen LogP contribution in [-0.2, 0) is 6.54 Å². The molecule has 8 heteroatoms. The number of carbonyl (C=O) groups excluding carboxylic acids is 1. The quantitative estimate of drug-likeness (QED) is 0.602. The lowest BCUT2D eigenvalue weighted by atomic mass is 9.98. The minimum Gasteiger partial charge on any atom is -0.477 e. The van der Waals surface area contributed by atoms with Crippen molar-refractivity contribution in [3.8, 4) is 11.8 Å². The molecule has 1 fully saturated rings. The van der Waals surface area contributed by atoms with Gasteiger partial charge in [-0.15, -0.1) is 0 Å². The Kier molecular flexibility index (Phi) is 6.47. The van der Waals surface area contributed by atoms with Crippen molar-refractivity contribution < 1.29 is 14.3 Å². The van der Waals surface area contributed by atoms with Crippen LogP contribution in [0.1, 0.15) is 18.4 Å². The van der Waals surface area contributed by atoms with Gasteiger partial charge >= 0.3 is 6.09 Å². The number of aromatic nitrogens is 2. The van der Waals surface area contributed by atoms with E-state index in [9.17, 15) is 4.79 Å². The first-order valence-electron chi connectivity index (χ1n) is 10.4. The Labute approximate surface area is 181 Å². The molecule has 1 saturated heterocycles. The highest BCUT2D eigenvalue weighted by Crippen LogP contribution is 2.26. The number of piperidine rings is 1. The fraction of sp³-hybridized carbons (Fsp3) is 0.348. The van der Waals surface area contributed by atoms with Gasteiger partial charge in [0.25, 0.3) is 0 Å². The van der Waals surface area contributed by atoms with Crippen LogP contribution in [0.15, 0.2) is 48.8 Å². The second kappa shape index (κ2) is 9.61. The molecule has 31 heavy (non-hydrogen) atoms. The summed E-state index contributed by atoms with van der Waals surface area (Å²) in [5, 5.41) is 5.00. The number of rotatable bonds is 7. The van der Waals surface area contributed by atoms with Crippen LogP contribution in [0.4, 0.5) is 10.5 Å². The summed E-state index contributed by atoms with van der Waals surface area (Å²) in [5.41, 5.74) is 7.09. The van der Waals surface area contributed by atoms with Crippen LogP contribution in [0.5, 0.6) is 11.8 Å². The molecule has 162 valence electrons. The zero-order chi connectivity index (χ0) is 21.6. The van der Waals surface area contributed by atoms with Crippen LogP contribution in [0.25, 0.3) is 10.8 Å². The van der Waals surface area contributed by atoms with Crippen LogP contribution >= 0.6 is 0 Å². The van der Waals surface area contributed by atoms with Gasteiger partial charge in [-0.3, -0.25) is 0 Å². The maximum Gasteiger partial charge on any atom is 0.411 e. The van der Waals surface area contributed by atoms with Crippen LogP contribution in [0.2, 0.25) is 0 Å². The highest BCUT2D eigenvalue weighted by Gasteiger charge is 2.17. The molecule has 3 N–H and O–H groups in total. The van der Waals surface area contributed by atoms with Gasteiger partial charge in [0.15, 0.2) is 0 Å². The van der Waals surface area contributed by atoms with Crippen LogP contribution in [0.3, 0.4) is 0 Å². The normalized spacial score (nSPS) is 15.0. The maximum absolute atomic E-state index is 11.0. The second-order valence-corrected chi connectivity index (χ2v) is 7.89. The lowest BCUT2D eigenvalue weighted by Gasteiger charge is -2.28. The molecule has 1 aliphatic rings. The smallest absolute Gasteiger partial charge is 0.411 e. The largest absolute Gasteiger partial charge is 0.477 e. The van der Waals surface area contributed by atoms with Gasteiger partial charge in [0, 0.05) is 36.1 Å². The van der Waals surface area contributed by atoms with Crippen molar-refractivity contribution in [2.24, 2.45) is 11.7 Å². The van der Waals surface area contributed by atoms with E-state index in [-0.39, 0.29) is 5.88 Å². The topological polar surface area (TPSA) is 103 Å². The summed E-state index contributed by atoms with van der Waals surface area (Å²) in [4.78, 5) is 21.9. The first kappa shape index (κ1) is 20.9. The van der Waals surface area contributed by atoms with Gasteiger partial charge in [0.2, 0.25) is 11.8 Å². The third kappa shape index (κ3) is 5.61. The zero-order valence-corrected chi connectivity index (χ0v) is 17.6. The lowest BCUT2D eigenvalue weighted by molar-refractivity contribution is 0.157. The van der Waals surface area contributed by atoms with Gasteiger partial charge in [-0.05, 0) is 74.1 Å². The highest BCUT2D eigenvalue weighted by molar-refractivity contribution is 5.90. The van der Waals surface area contributed by atoms with Gasteiger partial charge < -0.3 is 25.4 Å². The average molecular weight is 422 g/mol. The van der Waals surface area contributed by atoms with E-state index in [2.05, 4.69) is 27.2 Å². The fourth-order valence-corrected chi connectivity index (χ4v) is 3.67. The third-order valence-electron chi connectivity index (χ3n) is 5.52. The number of fused-ring (bicyclic) bond motifs is 1. The van der Waals surface area contributed by atoms with Gasteiger partial charge in [-0.1, -0.05) is 6.07 Å². The molecule has 1 aromatic carbocycles. The summed E-state index contributed by atoms with van der Waals surface area (Å²) in [7, 11) is 2.16. The molecule has 0 bridgehead atoms. The number of benzene rings is 1. The summed E-state index contributed by atoms with van der Waals surface area (Å²) in [6.45, 7) is 3.63. The molecule has 3 heterocycles. The number of likely N-dealkylation sites (tertiary alicyclic amines) is 1. The summed E-state index contributed by atoms with van der Waals surface area (Å²) in [6.07, 6.45) is 4.89. The minimum atomic E-state index is -0.881. The predicted octanol–water partition coefficient (Wildman–Crippen LogP) is 3.42. The van der Waals surface area contributed by atoms with E-state index < -0.39 is 6.09 Å². The Morgan fingerprint density at radius 2 is 2.03 bits per heavy atom. The predicted molar refractivity (Wildman–Crippen MR) is 119 cm³/mol. The Morgan fingerprint density at radius 3 is 2.77 bits per heavy atom. The maximum atomic E-state index is 11.0. The number of pyridine rings is 2. The monoisotopic (exact) mass is 421 g/mol. The lowest BCUT2D eigenvalue weighted by Crippen LogP contribution is -2.32. The van der Waals surface area contributed by atoms with E-state index in [4.69, 9.17) is 15.2 Å². The van der Waals surface area contributed by atoms with E-state index in [1.165, 1.54) is 12.8 Å². The number of hydrogen-bond acceptors (Lipinski definition) is 7. The molecule has 1 aliphatic heterocycles. The number of nitrogens with two attached hydrogens (primary N) is 1. The number of primary amides is 1. The van der Waals surface area contributed by atoms with E-state index in [0.717, 1.165) is 41.7 Å². The molecule has 2 aromatic heterocycles. The Morgan fingerprint density at radius 1 is 1.19 bits per heavy atom. The number of amides is 1. The fourth-order valence-electron chi connectivity index (χ4n) is 3.67. The van der Waals surface area contributed by atoms with E-state index in [1.807, 2.05) is 42.6 Å². The SMILES string of the molecule is CN1CCC(COc2ccc(CNc3ccc4c(OC(N)=O)nccc4c3)cn2)CC1. The molecule has 8 nitrogen and oxygen atoms in total. The van der Waals surface area contributed by atoms with Gasteiger partial charge in [0.05, 0.1) is 6.61 Å². The number of nitrogens with zero attached hydrogens (tertiary/aromatic N) is 3. The molecule has 0 spiro atoms. The molecule has 0 radical (unpaired) electrons. The highest BCUT2D eigenvalue weighted by atomic mass is 16.6. The number of nitrogens with one attached hydrogen (secondary N) is 1. The van der Waals surface area contributed by atoms with Crippen molar-refractivity contribution in [2.75, 3.05) is 32.1 Å². The molecule has 0 unspecified atom stereocenters. The number of carbonyl (C=O) groups is 1. The van der Waals surface area contributed by atoms with Crippen LogP contribution < -0.4 is 20.5 Å². The van der Waals surface area contributed by atoms with Crippen molar-refractivity contribution in [3.05, 3.63) is 54.4 Å². The summed E-state index contributed by atoms with van der Waals surface area (Å²) in [5.74, 6) is 1.48. The number of ether oxygens (including phenoxy) is 2. The second-order valence-electron chi connectivity index (χ2n) is 7.89. The third-order valence-corrected chi connectivity index (χ3v) is 5.52. The molecule has 0 aliphatic carbocycles. The van der Waals surface area contributed by atoms with Gasteiger partial charge in [-0.25, -0.2) is 14.8 Å². The van der Waals surface area contributed by atoms with Crippen molar-refractivity contribution in [3.63, 3.8) is 0 Å². The summed E-state index contributed by atoms with van der Waals surface area (Å²) < 4.78 is 10.8. The van der Waals surface area contributed by atoms with Gasteiger partial charge in [-0.2, -0.15) is 0 Å². The molecule has 0 atom stereocenters. The van der Waals surface area contributed by atoms with E-state index in [1.54, 1.807) is 6.20 Å². The zero-order valence-electron chi connectivity index (χ0n) is 17.6. The molecule has 3 aromatic rings. The van der Waals surface area contributed by atoms with E-state index in [0.29, 0.717) is 18.3 Å². The van der Waals surface area contributed by atoms with Crippen LogP contribution in [-0.4, -0.2) is 47.7 Å². The van der Waals surface area contributed by atoms with Crippen LogP contribution in [0, 0.1) is 5.92 Å². The Balaban J connectivity index is 1.31. The Hall–Kier alpha value is -3.39.